The first-order chi connectivity index (χ1) is 9.11. The summed E-state index contributed by atoms with van der Waals surface area (Å²) >= 11 is 1.95. The summed E-state index contributed by atoms with van der Waals surface area (Å²) in [6, 6.07) is 9.52. The second kappa shape index (κ2) is 6.23. The molecule has 1 saturated heterocycles. The Morgan fingerprint density at radius 3 is 2.79 bits per heavy atom. The monoisotopic (exact) mass is 375 g/mol. The van der Waals surface area contributed by atoms with Crippen molar-refractivity contribution < 1.29 is 19.1 Å². The molecular weight excluding hydrogens is 361 g/mol. The van der Waals surface area contributed by atoms with Gasteiger partial charge in [0.15, 0.2) is 0 Å². The number of halogens is 1. The summed E-state index contributed by atoms with van der Waals surface area (Å²) in [5.41, 5.74) is 1.08. The molecule has 1 heterocycles. The topological polar surface area (TPSA) is 64.6 Å². The van der Waals surface area contributed by atoms with Crippen molar-refractivity contribution in [2.75, 3.05) is 7.11 Å². The predicted molar refractivity (Wildman–Crippen MR) is 77.2 cm³/mol. The minimum atomic E-state index is -0.518. The van der Waals surface area contributed by atoms with Crippen molar-refractivity contribution in [2.45, 2.75) is 22.5 Å². The Bertz CT molecular complexity index is 465. The number of rotatable bonds is 4. The fraction of sp³-hybridized carbons (Fsp3) is 0.385. The Morgan fingerprint density at radius 1 is 1.47 bits per heavy atom. The van der Waals surface area contributed by atoms with E-state index >= 15 is 0 Å². The van der Waals surface area contributed by atoms with Crippen molar-refractivity contribution in [1.29, 1.82) is 0 Å². The lowest BCUT2D eigenvalue weighted by Gasteiger charge is -2.20. The average molecular weight is 375 g/mol. The van der Waals surface area contributed by atoms with E-state index in [1.54, 1.807) is 0 Å². The molecular formula is C13H14INO4. The number of cyclic esters (lactones) is 1. The molecule has 1 N–H and O–H groups in total. The molecule has 19 heavy (non-hydrogen) atoms. The summed E-state index contributed by atoms with van der Waals surface area (Å²) < 4.78 is 9.35. The molecule has 1 aromatic rings. The lowest BCUT2D eigenvalue weighted by molar-refractivity contribution is -0.141. The quantitative estimate of drug-likeness (QED) is 0.494. The molecule has 0 bridgehead atoms. The molecule has 0 saturated carbocycles. The molecule has 0 aromatic heterocycles. The van der Waals surface area contributed by atoms with Crippen LogP contribution in [-0.4, -0.2) is 35.2 Å². The van der Waals surface area contributed by atoms with Crippen LogP contribution in [0.5, 0.6) is 0 Å². The second-order valence-corrected chi connectivity index (χ2v) is 5.58. The molecule has 0 unspecified atom stereocenters. The molecule has 0 radical (unpaired) electrons. The third-order valence-electron chi connectivity index (χ3n) is 2.96. The third kappa shape index (κ3) is 3.37. The second-order valence-electron chi connectivity index (χ2n) is 4.24. The zero-order chi connectivity index (χ0) is 13.8. The van der Waals surface area contributed by atoms with E-state index in [9.17, 15) is 9.59 Å². The van der Waals surface area contributed by atoms with Gasteiger partial charge >= 0.3 is 12.1 Å². The van der Waals surface area contributed by atoms with E-state index < -0.39 is 16.1 Å². The molecule has 1 aromatic carbocycles. The summed E-state index contributed by atoms with van der Waals surface area (Å²) in [7, 11) is 1.32. The maximum atomic E-state index is 11.6. The summed E-state index contributed by atoms with van der Waals surface area (Å²) in [5, 5.41) is 2.74. The van der Waals surface area contributed by atoms with Gasteiger partial charge in [0.25, 0.3) is 0 Å². The van der Waals surface area contributed by atoms with E-state index in [0.717, 1.165) is 5.56 Å². The Kier molecular flexibility index (Phi) is 4.62. The smallest absolute Gasteiger partial charge is 0.407 e. The highest BCUT2D eigenvalue weighted by molar-refractivity contribution is 14.1. The van der Waals surface area contributed by atoms with E-state index in [1.165, 1.54) is 7.11 Å². The Hall–Kier alpha value is -1.31. The summed E-state index contributed by atoms with van der Waals surface area (Å²) in [6.07, 6.45) is -0.384. The van der Waals surface area contributed by atoms with Gasteiger partial charge in [0.05, 0.1) is 13.2 Å². The maximum Gasteiger partial charge on any atom is 0.407 e. The molecule has 0 spiro atoms. The number of alkyl halides is 1. The van der Waals surface area contributed by atoms with Crippen LogP contribution in [0, 0.1) is 0 Å². The number of carbonyl (C=O) groups excluding carboxylic acids is 2. The molecule has 6 heteroatoms. The summed E-state index contributed by atoms with van der Waals surface area (Å²) in [4.78, 5) is 22.9. The number of carbonyl (C=O) groups is 2. The first kappa shape index (κ1) is 14.1. The van der Waals surface area contributed by atoms with Gasteiger partial charge in [-0.2, -0.15) is 0 Å². The first-order valence-corrected chi connectivity index (χ1v) is 7.09. The van der Waals surface area contributed by atoms with Gasteiger partial charge in [-0.15, -0.1) is 0 Å². The lowest BCUT2D eigenvalue weighted by Crippen LogP contribution is -2.41. The van der Waals surface area contributed by atoms with Gasteiger partial charge in [-0.1, -0.05) is 52.9 Å². The zero-order valence-corrected chi connectivity index (χ0v) is 12.5. The van der Waals surface area contributed by atoms with Crippen molar-refractivity contribution in [3.63, 3.8) is 0 Å². The van der Waals surface area contributed by atoms with E-state index in [4.69, 9.17) is 9.47 Å². The fourth-order valence-corrected chi connectivity index (χ4v) is 2.92. The normalized spacial score (nSPS) is 23.4. The van der Waals surface area contributed by atoms with Crippen LogP contribution < -0.4 is 5.32 Å². The van der Waals surface area contributed by atoms with E-state index in [1.807, 2.05) is 52.9 Å². The number of alkyl carbamates (subject to hydrolysis) is 1. The molecule has 5 nitrogen and oxygen atoms in total. The molecule has 1 aliphatic heterocycles. The van der Waals surface area contributed by atoms with Crippen molar-refractivity contribution in [3.8, 4) is 0 Å². The molecule has 2 rings (SSSR count). The number of amides is 1. The van der Waals surface area contributed by atoms with Gasteiger partial charge in [-0.05, 0) is 12.0 Å². The molecule has 102 valence electrons. The number of esters is 1. The highest BCUT2D eigenvalue weighted by atomic mass is 127. The Labute approximate surface area is 124 Å². The standard InChI is InChI=1S/C13H14INO4/c1-18-12(16)10(14)11-9(15-13(17)19-11)7-8-5-3-2-4-6-8/h2-6,9-11H,7H2,1H3,(H,15,17)/t9-,10-,11+/m1/s1. The highest BCUT2D eigenvalue weighted by Crippen LogP contribution is 2.22. The first-order valence-electron chi connectivity index (χ1n) is 5.85. The number of hydrogen-bond acceptors (Lipinski definition) is 4. The average Bonchev–Trinajstić information content (AvgIpc) is 2.79. The number of ether oxygens (including phenoxy) is 2. The van der Waals surface area contributed by atoms with Gasteiger partial charge in [0.2, 0.25) is 0 Å². The van der Waals surface area contributed by atoms with Crippen molar-refractivity contribution in [1.82, 2.24) is 5.32 Å². The summed E-state index contributed by atoms with van der Waals surface area (Å²) in [6.45, 7) is 0. The molecule has 1 aliphatic rings. The van der Waals surface area contributed by atoms with Crippen LogP contribution in [0.4, 0.5) is 4.79 Å². The maximum absolute atomic E-state index is 11.6. The zero-order valence-electron chi connectivity index (χ0n) is 10.3. The van der Waals surface area contributed by atoms with Crippen LogP contribution in [0.2, 0.25) is 0 Å². The van der Waals surface area contributed by atoms with Crippen molar-refractivity contribution in [2.24, 2.45) is 0 Å². The van der Waals surface area contributed by atoms with Gasteiger partial charge in [0.1, 0.15) is 10.0 Å². The Balaban J connectivity index is 2.09. The fourth-order valence-electron chi connectivity index (χ4n) is 2.02. The van der Waals surface area contributed by atoms with Crippen LogP contribution in [0.15, 0.2) is 30.3 Å². The highest BCUT2D eigenvalue weighted by Gasteiger charge is 2.42. The molecule has 1 amide bonds. The van der Waals surface area contributed by atoms with E-state index in [-0.39, 0.29) is 12.0 Å². The van der Waals surface area contributed by atoms with Crippen molar-refractivity contribution >= 4 is 34.7 Å². The van der Waals surface area contributed by atoms with Gasteiger partial charge < -0.3 is 14.8 Å². The number of methoxy groups -OCH3 is 1. The number of benzene rings is 1. The minimum absolute atomic E-state index is 0.226. The minimum Gasteiger partial charge on any atom is -0.468 e. The molecule has 0 aliphatic carbocycles. The SMILES string of the molecule is COC(=O)[C@H](I)[C@H]1OC(=O)N[C@@H]1Cc1ccccc1. The van der Waals surface area contributed by atoms with Gasteiger partial charge in [0, 0.05) is 0 Å². The number of hydrogen-bond donors (Lipinski definition) is 1. The van der Waals surface area contributed by atoms with Gasteiger partial charge in [-0.25, -0.2) is 4.79 Å². The van der Waals surface area contributed by atoms with Crippen LogP contribution in [0.3, 0.4) is 0 Å². The van der Waals surface area contributed by atoms with Crippen LogP contribution in [0.25, 0.3) is 0 Å². The van der Waals surface area contributed by atoms with Gasteiger partial charge in [-0.3, -0.25) is 4.79 Å². The van der Waals surface area contributed by atoms with Crippen molar-refractivity contribution in [3.05, 3.63) is 35.9 Å². The van der Waals surface area contributed by atoms with E-state index in [0.29, 0.717) is 6.42 Å². The lowest BCUT2D eigenvalue weighted by atomic mass is 10.00. The molecule has 1 fully saturated rings. The Morgan fingerprint density at radius 2 is 2.16 bits per heavy atom. The van der Waals surface area contributed by atoms with Crippen LogP contribution in [-0.2, 0) is 20.7 Å². The largest absolute Gasteiger partial charge is 0.468 e. The molecule has 3 atom stereocenters. The predicted octanol–water partition coefficient (Wildman–Crippen LogP) is 1.68. The van der Waals surface area contributed by atoms with Crippen LogP contribution in [0.1, 0.15) is 5.56 Å². The number of nitrogens with one attached hydrogen (secondary N) is 1. The summed E-state index contributed by atoms with van der Waals surface area (Å²) in [5.74, 6) is -0.389. The van der Waals surface area contributed by atoms with E-state index in [2.05, 4.69) is 5.32 Å². The van der Waals surface area contributed by atoms with Crippen LogP contribution >= 0.6 is 22.6 Å². The third-order valence-corrected chi connectivity index (χ3v) is 4.17.